The molecule has 164 valence electrons. The Bertz CT molecular complexity index is 1040. The van der Waals surface area contributed by atoms with E-state index >= 15 is 0 Å². The van der Waals surface area contributed by atoms with Gasteiger partial charge in [-0.25, -0.2) is 9.97 Å². The van der Waals surface area contributed by atoms with Gasteiger partial charge in [-0.2, -0.15) is 8.78 Å². The van der Waals surface area contributed by atoms with Crippen LogP contribution in [0.4, 0.5) is 26.1 Å². The monoisotopic (exact) mass is 446 g/mol. The van der Waals surface area contributed by atoms with Gasteiger partial charge in [0.1, 0.15) is 16.6 Å². The number of ketones is 1. The quantitative estimate of drug-likeness (QED) is 0.660. The molecule has 31 heavy (non-hydrogen) atoms. The fourth-order valence-corrected chi connectivity index (χ4v) is 5.91. The standard InChI is InChI=1S/C21H24F2N6OS/c22-21(23)11-27-13-2-1-3-14(17(13)21)31-19-18(25)28-16(10-26-19)29-6-4-20(5-7-29)9-12(30)8-15(20)24/h1-3,10,15,27H,4-9,11,24H2,(H2,25,28)/t15-/m0/s1. The Morgan fingerprint density at radius 2 is 2.03 bits per heavy atom. The van der Waals surface area contributed by atoms with Crippen molar-refractivity contribution in [1.82, 2.24) is 9.97 Å². The summed E-state index contributed by atoms with van der Waals surface area (Å²) >= 11 is 1.10. The SMILES string of the molecule is Nc1nc(N2CCC3(CC2)CC(=O)C[C@@H]3N)cnc1Sc1cccc2c1C(F)(F)CN2. The summed E-state index contributed by atoms with van der Waals surface area (Å²) < 4.78 is 28.6. The fourth-order valence-electron chi connectivity index (χ4n) is 4.94. The maximum Gasteiger partial charge on any atom is 0.293 e. The fraction of sp³-hybridized carbons (Fsp3) is 0.476. The minimum atomic E-state index is -2.94. The largest absolute Gasteiger partial charge is 0.381 e. The molecule has 2 fully saturated rings. The van der Waals surface area contributed by atoms with Crippen LogP contribution >= 0.6 is 11.8 Å². The molecule has 5 N–H and O–H groups in total. The average Bonchev–Trinajstić information content (AvgIpc) is 3.19. The molecule has 0 amide bonds. The minimum Gasteiger partial charge on any atom is -0.381 e. The number of carbonyl (C=O) groups excluding carboxylic acids is 1. The number of Topliss-reactive ketones (excluding diaryl/α,β-unsaturated/α-hetero) is 1. The lowest BCUT2D eigenvalue weighted by atomic mass is 9.74. The average molecular weight is 447 g/mol. The number of benzene rings is 1. The normalized spacial score (nSPS) is 23.8. The second-order valence-corrected chi connectivity index (χ2v) is 9.66. The zero-order valence-electron chi connectivity index (χ0n) is 16.9. The molecule has 0 radical (unpaired) electrons. The van der Waals surface area contributed by atoms with Crippen molar-refractivity contribution in [3.63, 3.8) is 0 Å². The second kappa shape index (κ2) is 7.30. The maximum absolute atomic E-state index is 14.3. The molecular formula is C21H24F2N6OS. The molecule has 1 saturated heterocycles. The van der Waals surface area contributed by atoms with Crippen molar-refractivity contribution in [2.75, 3.05) is 35.6 Å². The van der Waals surface area contributed by atoms with Crippen molar-refractivity contribution >= 4 is 34.9 Å². The van der Waals surface area contributed by atoms with Crippen LogP contribution in [-0.2, 0) is 10.7 Å². The highest BCUT2D eigenvalue weighted by molar-refractivity contribution is 7.99. The van der Waals surface area contributed by atoms with Gasteiger partial charge in [-0.1, -0.05) is 17.8 Å². The van der Waals surface area contributed by atoms with Crippen molar-refractivity contribution in [2.24, 2.45) is 11.1 Å². The Morgan fingerprint density at radius 3 is 2.71 bits per heavy atom. The lowest BCUT2D eigenvalue weighted by Gasteiger charge is -2.41. The van der Waals surface area contributed by atoms with Gasteiger partial charge in [0.25, 0.3) is 5.92 Å². The van der Waals surface area contributed by atoms with E-state index in [-0.39, 0.29) is 28.6 Å². The number of aromatic nitrogens is 2. The van der Waals surface area contributed by atoms with Crippen LogP contribution in [0.5, 0.6) is 0 Å². The van der Waals surface area contributed by atoms with E-state index in [9.17, 15) is 13.6 Å². The van der Waals surface area contributed by atoms with Gasteiger partial charge in [0.15, 0.2) is 5.82 Å². The van der Waals surface area contributed by atoms with E-state index in [1.807, 2.05) is 0 Å². The number of nitrogens with one attached hydrogen (secondary N) is 1. The molecule has 3 heterocycles. The van der Waals surface area contributed by atoms with E-state index in [0.717, 1.165) is 37.7 Å². The van der Waals surface area contributed by atoms with Gasteiger partial charge in [-0.05, 0) is 30.4 Å². The van der Waals surface area contributed by atoms with Crippen LogP contribution in [-0.4, -0.2) is 41.4 Å². The number of halogens is 2. The molecule has 10 heteroatoms. The first-order valence-corrected chi connectivity index (χ1v) is 11.2. The lowest BCUT2D eigenvalue weighted by Crippen LogP contribution is -2.47. The smallest absolute Gasteiger partial charge is 0.293 e. The van der Waals surface area contributed by atoms with Crippen LogP contribution < -0.4 is 21.7 Å². The molecule has 1 spiro atoms. The molecule has 1 aliphatic carbocycles. The number of nitrogen functional groups attached to an aromatic ring is 1. The summed E-state index contributed by atoms with van der Waals surface area (Å²) in [6.07, 6.45) is 4.32. The zero-order valence-corrected chi connectivity index (χ0v) is 17.7. The van der Waals surface area contributed by atoms with Crippen molar-refractivity contribution in [3.05, 3.63) is 30.0 Å². The lowest BCUT2D eigenvalue weighted by molar-refractivity contribution is -0.118. The van der Waals surface area contributed by atoms with Gasteiger partial charge in [-0.3, -0.25) is 4.79 Å². The van der Waals surface area contributed by atoms with Crippen LogP contribution in [0.15, 0.2) is 34.3 Å². The molecule has 1 atom stereocenters. The molecule has 0 bridgehead atoms. The number of rotatable bonds is 3. The number of nitrogens with two attached hydrogens (primary N) is 2. The molecule has 7 nitrogen and oxygen atoms in total. The van der Waals surface area contributed by atoms with E-state index < -0.39 is 12.5 Å². The Morgan fingerprint density at radius 1 is 1.26 bits per heavy atom. The van der Waals surface area contributed by atoms with Gasteiger partial charge >= 0.3 is 0 Å². The van der Waals surface area contributed by atoms with E-state index in [2.05, 4.69) is 20.2 Å². The number of hydrogen-bond donors (Lipinski definition) is 3. The van der Waals surface area contributed by atoms with Crippen LogP contribution in [0.3, 0.4) is 0 Å². The summed E-state index contributed by atoms with van der Waals surface area (Å²) in [6, 6.07) is 4.95. The van der Waals surface area contributed by atoms with Crippen molar-refractivity contribution in [2.45, 2.75) is 47.6 Å². The van der Waals surface area contributed by atoms with Gasteiger partial charge in [-0.15, -0.1) is 0 Å². The highest BCUT2D eigenvalue weighted by Gasteiger charge is 2.47. The summed E-state index contributed by atoms with van der Waals surface area (Å²) in [5.41, 5.74) is 12.7. The highest BCUT2D eigenvalue weighted by atomic mass is 32.2. The highest BCUT2D eigenvalue weighted by Crippen LogP contribution is 2.47. The first-order valence-electron chi connectivity index (χ1n) is 10.4. The molecule has 2 aliphatic heterocycles. The van der Waals surface area contributed by atoms with Gasteiger partial charge in [0, 0.05) is 42.6 Å². The third-order valence-corrected chi connectivity index (χ3v) is 7.79. The van der Waals surface area contributed by atoms with E-state index in [1.165, 1.54) is 0 Å². The molecule has 1 aromatic heterocycles. The molecule has 1 saturated carbocycles. The molecule has 3 aliphatic rings. The summed E-state index contributed by atoms with van der Waals surface area (Å²) in [5, 5.41) is 3.14. The maximum atomic E-state index is 14.3. The van der Waals surface area contributed by atoms with Crippen molar-refractivity contribution in [3.8, 4) is 0 Å². The summed E-state index contributed by atoms with van der Waals surface area (Å²) in [7, 11) is 0. The predicted octanol–water partition coefficient (Wildman–Crippen LogP) is 3.00. The van der Waals surface area contributed by atoms with Crippen LogP contribution in [0, 0.1) is 5.41 Å². The van der Waals surface area contributed by atoms with E-state index in [1.54, 1.807) is 24.4 Å². The third-order valence-electron chi connectivity index (χ3n) is 6.72. The molecule has 2 aromatic rings. The number of alkyl halides is 2. The van der Waals surface area contributed by atoms with Crippen LogP contribution in [0.2, 0.25) is 0 Å². The summed E-state index contributed by atoms with van der Waals surface area (Å²) in [5.74, 6) is -1.82. The van der Waals surface area contributed by atoms with Crippen molar-refractivity contribution in [1.29, 1.82) is 0 Å². The number of hydrogen-bond acceptors (Lipinski definition) is 8. The molecule has 1 aromatic carbocycles. The number of nitrogens with zero attached hydrogens (tertiary/aromatic N) is 3. The molecule has 5 rings (SSSR count). The summed E-state index contributed by atoms with van der Waals surface area (Å²) in [4.78, 5) is 23.3. The van der Waals surface area contributed by atoms with Crippen LogP contribution in [0.1, 0.15) is 31.2 Å². The van der Waals surface area contributed by atoms with E-state index in [0.29, 0.717) is 34.3 Å². The number of anilines is 3. The van der Waals surface area contributed by atoms with Gasteiger partial charge < -0.3 is 21.7 Å². The minimum absolute atomic E-state index is 0.0194. The first-order chi connectivity index (χ1) is 14.8. The molecular weight excluding hydrogens is 422 g/mol. The Labute approximate surface area is 183 Å². The topological polar surface area (TPSA) is 110 Å². The number of carbonyl (C=O) groups is 1. The Kier molecular flexibility index (Phi) is 4.82. The summed E-state index contributed by atoms with van der Waals surface area (Å²) in [6.45, 7) is 1.04. The van der Waals surface area contributed by atoms with Gasteiger partial charge in [0.2, 0.25) is 0 Å². The first kappa shape index (κ1) is 20.4. The van der Waals surface area contributed by atoms with E-state index in [4.69, 9.17) is 11.5 Å². The number of fused-ring (bicyclic) bond motifs is 1. The second-order valence-electron chi connectivity index (χ2n) is 8.63. The van der Waals surface area contributed by atoms with Gasteiger partial charge in [0.05, 0.1) is 18.3 Å². The molecule has 0 unspecified atom stereocenters. The Balaban J connectivity index is 1.32. The number of piperidine rings is 1. The predicted molar refractivity (Wildman–Crippen MR) is 115 cm³/mol. The van der Waals surface area contributed by atoms with Crippen LogP contribution in [0.25, 0.3) is 0 Å². The third kappa shape index (κ3) is 3.51. The zero-order chi connectivity index (χ0) is 21.8. The Hall–Kier alpha value is -2.46. The van der Waals surface area contributed by atoms with Crippen molar-refractivity contribution < 1.29 is 13.6 Å².